The molecule has 0 atom stereocenters. The number of isothiocyanates is 1. The Hall–Kier alpha value is -0.990. The molecule has 4 heteroatoms. The molecule has 0 aliphatic carbocycles. The molecule has 0 aliphatic rings. The zero-order valence-corrected chi connectivity index (χ0v) is 5.48. The smallest absolute Gasteiger partial charge is 0.0922 e. The summed E-state index contributed by atoms with van der Waals surface area (Å²) in [5, 5.41) is 2.27. The van der Waals surface area contributed by atoms with Crippen LogP contribution in [-0.4, -0.2) is 15.1 Å². The van der Waals surface area contributed by atoms with Gasteiger partial charge in [0.2, 0.25) is 0 Å². The SMILES string of the molecule is S=C=NCc1cnc[nH]1. The van der Waals surface area contributed by atoms with E-state index < -0.39 is 0 Å². The summed E-state index contributed by atoms with van der Waals surface area (Å²) in [5.41, 5.74) is 0.951. The van der Waals surface area contributed by atoms with Gasteiger partial charge in [-0.2, -0.15) is 0 Å². The van der Waals surface area contributed by atoms with E-state index in [1.807, 2.05) is 0 Å². The molecular formula is C5H5N3S. The highest BCUT2D eigenvalue weighted by atomic mass is 32.1. The van der Waals surface area contributed by atoms with Crippen molar-refractivity contribution in [3.05, 3.63) is 18.2 Å². The van der Waals surface area contributed by atoms with E-state index in [0.29, 0.717) is 6.54 Å². The lowest BCUT2D eigenvalue weighted by molar-refractivity contribution is 1.02. The zero-order valence-electron chi connectivity index (χ0n) is 4.66. The maximum atomic E-state index is 4.37. The van der Waals surface area contributed by atoms with Crippen LogP contribution in [0.5, 0.6) is 0 Å². The largest absolute Gasteiger partial charge is 0.347 e. The number of rotatable bonds is 2. The van der Waals surface area contributed by atoms with Crippen molar-refractivity contribution >= 4 is 17.4 Å². The topological polar surface area (TPSA) is 41.0 Å². The Morgan fingerprint density at radius 2 is 2.78 bits per heavy atom. The molecule has 0 aliphatic heterocycles. The fraction of sp³-hybridized carbons (Fsp3) is 0.200. The number of nitrogens with zero attached hydrogens (tertiary/aromatic N) is 2. The van der Waals surface area contributed by atoms with E-state index in [1.54, 1.807) is 12.5 Å². The van der Waals surface area contributed by atoms with E-state index in [9.17, 15) is 0 Å². The van der Waals surface area contributed by atoms with Crippen molar-refractivity contribution in [3.8, 4) is 0 Å². The van der Waals surface area contributed by atoms with E-state index in [2.05, 4.69) is 32.3 Å². The molecule has 0 saturated heterocycles. The van der Waals surface area contributed by atoms with Crippen LogP contribution in [0.3, 0.4) is 0 Å². The molecule has 1 aromatic heterocycles. The minimum absolute atomic E-state index is 0.545. The molecule has 0 fully saturated rings. The highest BCUT2D eigenvalue weighted by Crippen LogP contribution is 1.90. The molecule has 0 saturated carbocycles. The van der Waals surface area contributed by atoms with Crippen LogP contribution in [0.15, 0.2) is 17.5 Å². The molecule has 1 N–H and O–H groups in total. The minimum Gasteiger partial charge on any atom is -0.347 e. The van der Waals surface area contributed by atoms with Gasteiger partial charge in [-0.1, -0.05) is 0 Å². The molecule has 0 aromatic carbocycles. The number of imidazole rings is 1. The molecule has 0 unspecified atom stereocenters. The van der Waals surface area contributed by atoms with E-state index in [0.717, 1.165) is 5.69 Å². The van der Waals surface area contributed by atoms with Crippen LogP contribution >= 0.6 is 12.2 Å². The molecule has 0 bridgehead atoms. The summed E-state index contributed by atoms with van der Waals surface area (Å²) in [6.07, 6.45) is 3.31. The molecular weight excluding hydrogens is 134 g/mol. The quantitative estimate of drug-likeness (QED) is 0.490. The lowest BCUT2D eigenvalue weighted by Gasteiger charge is -1.81. The number of H-pyrrole nitrogens is 1. The average molecular weight is 139 g/mol. The third kappa shape index (κ3) is 1.76. The predicted octanol–water partition coefficient (Wildman–Crippen LogP) is 1.01. The van der Waals surface area contributed by atoms with Gasteiger partial charge in [0.25, 0.3) is 0 Å². The number of nitrogens with one attached hydrogen (secondary N) is 1. The maximum absolute atomic E-state index is 4.37. The molecule has 0 spiro atoms. The summed E-state index contributed by atoms with van der Waals surface area (Å²) in [4.78, 5) is 10.4. The first-order valence-electron chi connectivity index (χ1n) is 2.44. The number of thiocarbonyl (C=S) groups is 1. The van der Waals surface area contributed by atoms with Gasteiger partial charge in [0.1, 0.15) is 0 Å². The summed E-state index contributed by atoms with van der Waals surface area (Å²) in [5.74, 6) is 0. The van der Waals surface area contributed by atoms with Gasteiger partial charge >= 0.3 is 0 Å². The van der Waals surface area contributed by atoms with Gasteiger partial charge in [-0.3, -0.25) is 0 Å². The Morgan fingerprint density at radius 3 is 3.33 bits per heavy atom. The Kier molecular flexibility index (Phi) is 2.13. The Morgan fingerprint density at radius 1 is 1.89 bits per heavy atom. The van der Waals surface area contributed by atoms with Crippen molar-refractivity contribution in [3.63, 3.8) is 0 Å². The van der Waals surface area contributed by atoms with Gasteiger partial charge < -0.3 is 4.98 Å². The third-order valence-corrected chi connectivity index (χ3v) is 0.998. The fourth-order valence-corrected chi connectivity index (χ4v) is 0.553. The number of aromatic amines is 1. The van der Waals surface area contributed by atoms with Gasteiger partial charge in [0, 0.05) is 6.20 Å². The lowest BCUT2D eigenvalue weighted by atomic mass is 10.5. The predicted molar refractivity (Wildman–Crippen MR) is 37.3 cm³/mol. The van der Waals surface area contributed by atoms with Crippen molar-refractivity contribution in [2.75, 3.05) is 0 Å². The molecule has 1 heterocycles. The van der Waals surface area contributed by atoms with Crippen molar-refractivity contribution in [2.24, 2.45) is 4.99 Å². The summed E-state index contributed by atoms with van der Waals surface area (Å²) in [6.45, 7) is 0.545. The molecule has 3 nitrogen and oxygen atoms in total. The Bertz CT molecular complexity index is 210. The first-order valence-corrected chi connectivity index (χ1v) is 2.85. The third-order valence-electron chi connectivity index (χ3n) is 0.869. The molecule has 1 rings (SSSR count). The molecule has 46 valence electrons. The van der Waals surface area contributed by atoms with Crippen LogP contribution in [0, 0.1) is 0 Å². The second-order valence-electron chi connectivity index (χ2n) is 1.48. The second kappa shape index (κ2) is 3.12. The van der Waals surface area contributed by atoms with Crippen LogP contribution in [0.25, 0.3) is 0 Å². The standard InChI is InChI=1S/C5H5N3S/c9-4-7-2-5-1-6-3-8-5/h1,3H,2H2,(H,6,8). The van der Waals surface area contributed by atoms with E-state index in [-0.39, 0.29) is 0 Å². The highest BCUT2D eigenvalue weighted by Gasteiger charge is 1.86. The van der Waals surface area contributed by atoms with Crippen LogP contribution in [0.2, 0.25) is 0 Å². The molecule has 1 aromatic rings. The Balaban J connectivity index is 2.57. The van der Waals surface area contributed by atoms with Gasteiger partial charge in [-0.25, -0.2) is 9.98 Å². The monoisotopic (exact) mass is 139 g/mol. The first kappa shape index (κ1) is 6.13. The summed E-state index contributed by atoms with van der Waals surface area (Å²) < 4.78 is 0. The number of hydrogen-bond donors (Lipinski definition) is 1. The molecule has 9 heavy (non-hydrogen) atoms. The summed E-state index contributed by atoms with van der Waals surface area (Å²) >= 11 is 4.37. The summed E-state index contributed by atoms with van der Waals surface area (Å²) in [7, 11) is 0. The molecule has 0 amide bonds. The first-order chi connectivity index (χ1) is 4.43. The number of hydrogen-bond acceptors (Lipinski definition) is 3. The Labute approximate surface area is 57.8 Å². The minimum atomic E-state index is 0.545. The number of aromatic nitrogens is 2. The molecule has 0 radical (unpaired) electrons. The normalized spacial score (nSPS) is 8.44. The zero-order chi connectivity index (χ0) is 6.53. The second-order valence-corrected chi connectivity index (χ2v) is 1.67. The van der Waals surface area contributed by atoms with Crippen LogP contribution < -0.4 is 0 Å². The van der Waals surface area contributed by atoms with E-state index >= 15 is 0 Å². The lowest BCUT2D eigenvalue weighted by Crippen LogP contribution is -1.76. The fourth-order valence-electron chi connectivity index (χ4n) is 0.489. The van der Waals surface area contributed by atoms with Gasteiger partial charge in [0.15, 0.2) is 0 Å². The average Bonchev–Trinajstić information content (AvgIpc) is 2.34. The van der Waals surface area contributed by atoms with Crippen molar-refractivity contribution in [1.29, 1.82) is 0 Å². The maximum Gasteiger partial charge on any atom is 0.0922 e. The highest BCUT2D eigenvalue weighted by molar-refractivity contribution is 7.78. The van der Waals surface area contributed by atoms with E-state index in [1.165, 1.54) is 0 Å². The van der Waals surface area contributed by atoms with Crippen molar-refractivity contribution in [1.82, 2.24) is 9.97 Å². The van der Waals surface area contributed by atoms with Crippen LogP contribution in [-0.2, 0) is 6.54 Å². The van der Waals surface area contributed by atoms with Crippen molar-refractivity contribution in [2.45, 2.75) is 6.54 Å². The number of aliphatic imine (C=N–C) groups is 1. The summed E-state index contributed by atoms with van der Waals surface area (Å²) in [6, 6.07) is 0. The van der Waals surface area contributed by atoms with Gasteiger partial charge in [0.05, 0.1) is 23.7 Å². The van der Waals surface area contributed by atoms with Crippen LogP contribution in [0.4, 0.5) is 0 Å². The van der Waals surface area contributed by atoms with Gasteiger partial charge in [-0.05, 0) is 12.2 Å². The van der Waals surface area contributed by atoms with Crippen LogP contribution in [0.1, 0.15) is 5.69 Å². The van der Waals surface area contributed by atoms with Crippen molar-refractivity contribution < 1.29 is 0 Å². The van der Waals surface area contributed by atoms with E-state index in [4.69, 9.17) is 0 Å². The van der Waals surface area contributed by atoms with Gasteiger partial charge in [-0.15, -0.1) is 0 Å².